The van der Waals surface area contributed by atoms with Crippen LogP contribution in [-0.2, 0) is 11.3 Å². The monoisotopic (exact) mass is 473 g/mol. The van der Waals surface area contributed by atoms with Gasteiger partial charge in [0, 0.05) is 31.6 Å². The Bertz CT molecular complexity index is 1570. The molecule has 1 saturated carbocycles. The number of anilines is 1. The normalized spacial score (nSPS) is 17.8. The van der Waals surface area contributed by atoms with Gasteiger partial charge in [0.2, 0.25) is 0 Å². The quantitative estimate of drug-likeness (QED) is 0.420. The number of methoxy groups -OCH3 is 1. The van der Waals surface area contributed by atoms with E-state index in [1.807, 2.05) is 41.9 Å². The minimum absolute atomic E-state index is 0.0265. The molecule has 4 aromatic heterocycles. The van der Waals surface area contributed by atoms with E-state index in [1.165, 1.54) is 12.1 Å². The Balaban J connectivity index is 1.42. The molecule has 2 N–H and O–H groups in total. The third-order valence-corrected chi connectivity index (χ3v) is 6.84. The first-order valence-corrected chi connectivity index (χ1v) is 11.4. The number of hydrogen-bond acceptors (Lipinski definition) is 6. The number of pyridine rings is 1. The highest BCUT2D eigenvalue weighted by atomic mass is 19.1. The zero-order valence-corrected chi connectivity index (χ0v) is 19.3. The molecule has 0 bridgehead atoms. The summed E-state index contributed by atoms with van der Waals surface area (Å²) in [6.45, 7) is 2.09. The molecule has 5 aromatic rings. The van der Waals surface area contributed by atoms with Crippen molar-refractivity contribution in [2.24, 2.45) is 0 Å². The number of carbonyl (C=O) groups excluding carboxylic acids is 1. The first kappa shape index (κ1) is 21.5. The smallest absolute Gasteiger partial charge is 0.257 e. The molecule has 0 unspecified atom stereocenters. The molecule has 10 heteroatoms. The molecule has 0 atom stereocenters. The van der Waals surface area contributed by atoms with Crippen molar-refractivity contribution in [3.63, 3.8) is 0 Å². The van der Waals surface area contributed by atoms with E-state index in [-0.39, 0.29) is 30.1 Å². The lowest BCUT2D eigenvalue weighted by Crippen LogP contribution is -2.50. The lowest BCUT2D eigenvalue weighted by molar-refractivity contribution is -0.0233. The van der Waals surface area contributed by atoms with Crippen molar-refractivity contribution >= 4 is 33.9 Å². The summed E-state index contributed by atoms with van der Waals surface area (Å²) < 4.78 is 24.4. The van der Waals surface area contributed by atoms with E-state index >= 15 is 4.39 Å². The number of benzene rings is 1. The first-order chi connectivity index (χ1) is 16.9. The highest BCUT2D eigenvalue weighted by Gasteiger charge is 2.37. The van der Waals surface area contributed by atoms with E-state index in [0.29, 0.717) is 35.1 Å². The Morgan fingerprint density at radius 3 is 2.89 bits per heavy atom. The molecule has 6 rings (SSSR count). The van der Waals surface area contributed by atoms with Crippen LogP contribution < -0.4 is 5.73 Å². The maximum Gasteiger partial charge on any atom is 0.257 e. The number of ether oxygens (including phenoxy) is 1. The molecule has 178 valence electrons. The fraction of sp³-hybridized carbons (Fsp3) is 0.280. The highest BCUT2D eigenvalue weighted by Crippen LogP contribution is 2.32. The highest BCUT2D eigenvalue weighted by molar-refractivity contribution is 5.98. The predicted molar refractivity (Wildman–Crippen MR) is 128 cm³/mol. The van der Waals surface area contributed by atoms with Crippen molar-refractivity contribution in [2.75, 3.05) is 12.8 Å². The molecular formula is C25H24FN7O2. The molecular weight excluding hydrogens is 449 g/mol. The van der Waals surface area contributed by atoms with Gasteiger partial charge in [-0.25, -0.2) is 19.3 Å². The van der Waals surface area contributed by atoms with Crippen LogP contribution in [0.15, 0.2) is 49.1 Å². The second kappa shape index (κ2) is 8.02. The number of imidazole rings is 2. The maximum absolute atomic E-state index is 15.3. The van der Waals surface area contributed by atoms with Gasteiger partial charge in [0.25, 0.3) is 5.91 Å². The van der Waals surface area contributed by atoms with E-state index in [9.17, 15) is 4.79 Å². The average molecular weight is 474 g/mol. The number of carbonyl (C=O) groups is 1. The second-order valence-electron chi connectivity index (χ2n) is 8.98. The molecule has 1 aliphatic carbocycles. The van der Waals surface area contributed by atoms with Crippen LogP contribution in [-0.4, -0.2) is 53.8 Å². The third-order valence-electron chi connectivity index (χ3n) is 6.84. The molecule has 1 fully saturated rings. The zero-order valence-electron chi connectivity index (χ0n) is 19.3. The Hall–Kier alpha value is -4.05. The van der Waals surface area contributed by atoms with Crippen molar-refractivity contribution in [3.8, 4) is 0 Å². The summed E-state index contributed by atoms with van der Waals surface area (Å²) in [6.07, 6.45) is 6.87. The standard InChI is InChI=1S/C25H24FN7O2/c1-14-23-24(27)30-20-10-19(26)18(9-21(20)33(23)13-28-14)25(34)32(16-7-17(8-16)35-2)12-15-11-31-6-4-3-5-22(31)29-15/h3-6,9-11,13,16-17H,7-8,12H2,1-2H3,(H2,27,30). The van der Waals surface area contributed by atoms with Gasteiger partial charge in [-0.15, -0.1) is 0 Å². The largest absolute Gasteiger partial charge is 0.382 e. The van der Waals surface area contributed by atoms with Gasteiger partial charge in [-0.05, 0) is 38.0 Å². The Morgan fingerprint density at radius 1 is 1.29 bits per heavy atom. The van der Waals surface area contributed by atoms with E-state index in [4.69, 9.17) is 10.5 Å². The number of aromatic nitrogens is 5. The van der Waals surface area contributed by atoms with Crippen LogP contribution in [0.4, 0.5) is 10.2 Å². The van der Waals surface area contributed by atoms with Crippen molar-refractivity contribution in [2.45, 2.75) is 38.5 Å². The van der Waals surface area contributed by atoms with Crippen LogP contribution in [0.1, 0.15) is 34.6 Å². The van der Waals surface area contributed by atoms with Crippen molar-refractivity contribution < 1.29 is 13.9 Å². The first-order valence-electron chi connectivity index (χ1n) is 11.4. The summed E-state index contributed by atoms with van der Waals surface area (Å²) in [6, 6.07) is 8.45. The Morgan fingerprint density at radius 2 is 2.11 bits per heavy atom. The lowest BCUT2D eigenvalue weighted by atomic mass is 9.87. The Labute approximate surface area is 200 Å². The number of rotatable bonds is 5. The zero-order chi connectivity index (χ0) is 24.3. The average Bonchev–Trinajstić information content (AvgIpc) is 3.40. The number of nitrogens with zero attached hydrogens (tertiary/aromatic N) is 6. The molecule has 0 saturated heterocycles. The van der Waals surface area contributed by atoms with Gasteiger partial charge in [-0.2, -0.15) is 0 Å². The third kappa shape index (κ3) is 3.48. The van der Waals surface area contributed by atoms with Crippen molar-refractivity contribution in [1.82, 2.24) is 28.7 Å². The van der Waals surface area contributed by atoms with Gasteiger partial charge in [0.1, 0.15) is 29.1 Å². The van der Waals surface area contributed by atoms with Crippen molar-refractivity contribution in [3.05, 3.63) is 71.8 Å². The fourth-order valence-electron chi connectivity index (χ4n) is 4.85. The number of halogens is 1. The number of amides is 1. The summed E-state index contributed by atoms with van der Waals surface area (Å²) in [5, 5.41) is 0. The summed E-state index contributed by atoms with van der Waals surface area (Å²) in [7, 11) is 1.66. The van der Waals surface area contributed by atoms with E-state index in [1.54, 1.807) is 22.7 Å². The number of fused-ring (bicyclic) bond motifs is 4. The summed E-state index contributed by atoms with van der Waals surface area (Å²) in [4.78, 5) is 28.8. The van der Waals surface area contributed by atoms with Crippen LogP contribution in [0.3, 0.4) is 0 Å². The predicted octanol–water partition coefficient (Wildman–Crippen LogP) is 3.38. The summed E-state index contributed by atoms with van der Waals surface area (Å²) in [5.74, 6) is -0.782. The van der Waals surface area contributed by atoms with E-state index in [0.717, 1.165) is 11.3 Å². The molecule has 35 heavy (non-hydrogen) atoms. The molecule has 4 heterocycles. The minimum atomic E-state index is -0.645. The summed E-state index contributed by atoms with van der Waals surface area (Å²) >= 11 is 0. The van der Waals surface area contributed by atoms with Crippen molar-refractivity contribution in [1.29, 1.82) is 0 Å². The molecule has 1 aromatic carbocycles. The van der Waals surface area contributed by atoms with E-state index < -0.39 is 11.7 Å². The topological polar surface area (TPSA) is 103 Å². The fourth-order valence-corrected chi connectivity index (χ4v) is 4.85. The lowest BCUT2D eigenvalue weighted by Gasteiger charge is -2.42. The number of aryl methyl sites for hydroxylation is 1. The molecule has 9 nitrogen and oxygen atoms in total. The number of hydrogen-bond donors (Lipinski definition) is 1. The summed E-state index contributed by atoms with van der Waals surface area (Å²) in [5.41, 5.74) is 9.85. The van der Waals surface area contributed by atoms with Gasteiger partial charge in [-0.3, -0.25) is 9.20 Å². The number of nitrogen functional groups attached to an aromatic ring is 1. The molecule has 0 spiro atoms. The van der Waals surface area contributed by atoms with Crippen LogP contribution in [0.2, 0.25) is 0 Å². The van der Waals surface area contributed by atoms with Gasteiger partial charge in [0.15, 0.2) is 0 Å². The van der Waals surface area contributed by atoms with Crippen LogP contribution in [0, 0.1) is 12.7 Å². The van der Waals surface area contributed by atoms with Crippen LogP contribution in [0.5, 0.6) is 0 Å². The van der Waals surface area contributed by atoms with Gasteiger partial charge in [0.05, 0.1) is 40.6 Å². The number of nitrogens with two attached hydrogens (primary N) is 1. The molecule has 0 radical (unpaired) electrons. The van der Waals surface area contributed by atoms with Crippen LogP contribution >= 0.6 is 0 Å². The SMILES string of the molecule is COC1CC(N(Cc2cn3ccccc3n2)C(=O)c2cc3c(cc2F)nc(N)c2c(C)ncn23)C1. The molecule has 1 aliphatic rings. The van der Waals surface area contributed by atoms with Crippen LogP contribution in [0.25, 0.3) is 22.2 Å². The van der Waals surface area contributed by atoms with Gasteiger partial charge >= 0.3 is 0 Å². The molecule has 0 aliphatic heterocycles. The van der Waals surface area contributed by atoms with Gasteiger partial charge < -0.3 is 19.8 Å². The van der Waals surface area contributed by atoms with Gasteiger partial charge in [-0.1, -0.05) is 6.07 Å². The maximum atomic E-state index is 15.3. The second-order valence-corrected chi connectivity index (χ2v) is 8.98. The minimum Gasteiger partial charge on any atom is -0.382 e. The van der Waals surface area contributed by atoms with E-state index in [2.05, 4.69) is 15.0 Å². The Kier molecular flexibility index (Phi) is 4.92. The molecule has 1 amide bonds.